The van der Waals surface area contributed by atoms with E-state index in [0.29, 0.717) is 0 Å². The molecular weight excluding hydrogens is 236 g/mol. The fourth-order valence-corrected chi connectivity index (χ4v) is 2.80. The largest absolute Gasteiger partial charge is 0.317 e. The summed E-state index contributed by atoms with van der Waals surface area (Å²) in [4.78, 5) is 0. The van der Waals surface area contributed by atoms with Gasteiger partial charge in [-0.25, -0.2) is 0 Å². The molecule has 1 N–H and O–H groups in total. The average molecular weight is 256 g/mol. The Morgan fingerprint density at radius 2 is 1.89 bits per heavy atom. The molecule has 1 aliphatic heterocycles. The maximum absolute atomic E-state index is 4.38. The predicted octanol–water partition coefficient (Wildman–Crippen LogP) is 2.12. The van der Waals surface area contributed by atoms with Crippen molar-refractivity contribution in [1.82, 2.24) is 20.1 Å². The van der Waals surface area contributed by atoms with Crippen molar-refractivity contribution < 1.29 is 0 Å². The second-order valence-corrected chi connectivity index (χ2v) is 5.23. The lowest BCUT2D eigenvalue weighted by molar-refractivity contribution is 0.365. The second kappa shape index (κ2) is 5.53. The minimum Gasteiger partial charge on any atom is -0.317 e. The predicted molar refractivity (Wildman–Crippen MR) is 75.4 cm³/mol. The highest BCUT2D eigenvalue weighted by molar-refractivity contribution is 5.33. The van der Waals surface area contributed by atoms with Gasteiger partial charge in [0.05, 0.1) is 0 Å². The number of piperidine rings is 1. The normalized spacial score (nSPS) is 16.7. The van der Waals surface area contributed by atoms with Gasteiger partial charge in [-0.15, -0.1) is 10.2 Å². The average Bonchev–Trinajstić information content (AvgIpc) is 2.82. The molecule has 1 saturated heterocycles. The standard InChI is InChI=1S/C15H20N4/c1-12-17-18-15(11-13-7-9-16-10-8-13)19(12)14-5-3-2-4-6-14/h2-6,13,16H,7-11H2,1H3. The van der Waals surface area contributed by atoms with Gasteiger partial charge in [0.1, 0.15) is 11.6 Å². The van der Waals surface area contributed by atoms with Crippen LogP contribution in [0, 0.1) is 12.8 Å². The molecule has 3 rings (SSSR count). The topological polar surface area (TPSA) is 42.7 Å². The van der Waals surface area contributed by atoms with Crippen LogP contribution in [0.25, 0.3) is 5.69 Å². The van der Waals surface area contributed by atoms with E-state index in [4.69, 9.17) is 0 Å². The molecule has 0 saturated carbocycles. The Bertz CT molecular complexity index is 526. The highest BCUT2D eigenvalue weighted by atomic mass is 15.3. The Balaban J connectivity index is 1.86. The van der Waals surface area contributed by atoms with Crippen LogP contribution in [0.1, 0.15) is 24.5 Å². The quantitative estimate of drug-likeness (QED) is 0.914. The minimum atomic E-state index is 0.729. The molecule has 4 heteroatoms. The molecule has 0 aliphatic carbocycles. The summed E-state index contributed by atoms with van der Waals surface area (Å²) in [6, 6.07) is 10.4. The van der Waals surface area contributed by atoms with Crippen molar-refractivity contribution in [2.45, 2.75) is 26.2 Å². The van der Waals surface area contributed by atoms with E-state index < -0.39 is 0 Å². The summed E-state index contributed by atoms with van der Waals surface area (Å²) in [5, 5.41) is 12.0. The van der Waals surface area contributed by atoms with Gasteiger partial charge in [0.15, 0.2) is 0 Å². The van der Waals surface area contributed by atoms with Crippen LogP contribution in [0.4, 0.5) is 0 Å². The van der Waals surface area contributed by atoms with E-state index in [2.05, 4.69) is 44.3 Å². The second-order valence-electron chi connectivity index (χ2n) is 5.23. The number of nitrogens with zero attached hydrogens (tertiary/aromatic N) is 3. The van der Waals surface area contributed by atoms with E-state index in [0.717, 1.165) is 42.8 Å². The van der Waals surface area contributed by atoms with Gasteiger partial charge in [-0.05, 0) is 50.9 Å². The SMILES string of the molecule is Cc1nnc(CC2CCNCC2)n1-c1ccccc1. The number of para-hydroxylation sites is 1. The third-order valence-electron chi connectivity index (χ3n) is 3.84. The van der Waals surface area contributed by atoms with E-state index in [-0.39, 0.29) is 0 Å². The summed E-state index contributed by atoms with van der Waals surface area (Å²) >= 11 is 0. The van der Waals surface area contributed by atoms with Crippen LogP contribution >= 0.6 is 0 Å². The fraction of sp³-hybridized carbons (Fsp3) is 0.467. The molecule has 100 valence electrons. The van der Waals surface area contributed by atoms with Crippen LogP contribution in [0.5, 0.6) is 0 Å². The molecular formula is C15H20N4. The molecule has 2 heterocycles. The number of aromatic nitrogens is 3. The number of nitrogens with one attached hydrogen (secondary N) is 1. The highest BCUT2D eigenvalue weighted by Crippen LogP contribution is 2.20. The van der Waals surface area contributed by atoms with Gasteiger partial charge in [-0.3, -0.25) is 4.57 Å². The number of benzene rings is 1. The van der Waals surface area contributed by atoms with E-state index in [1.165, 1.54) is 12.8 Å². The molecule has 2 aromatic rings. The van der Waals surface area contributed by atoms with Crippen LogP contribution in [-0.4, -0.2) is 27.9 Å². The van der Waals surface area contributed by atoms with Crippen LogP contribution in [-0.2, 0) is 6.42 Å². The van der Waals surface area contributed by atoms with Crippen LogP contribution in [0.15, 0.2) is 30.3 Å². The first-order valence-electron chi connectivity index (χ1n) is 7.01. The first kappa shape index (κ1) is 12.4. The van der Waals surface area contributed by atoms with Crippen LogP contribution < -0.4 is 5.32 Å². The van der Waals surface area contributed by atoms with E-state index in [9.17, 15) is 0 Å². The molecule has 19 heavy (non-hydrogen) atoms. The van der Waals surface area contributed by atoms with E-state index >= 15 is 0 Å². The van der Waals surface area contributed by atoms with E-state index in [1.807, 2.05) is 13.0 Å². The molecule has 4 nitrogen and oxygen atoms in total. The van der Waals surface area contributed by atoms with Gasteiger partial charge < -0.3 is 5.32 Å². The molecule has 1 aliphatic rings. The van der Waals surface area contributed by atoms with E-state index in [1.54, 1.807) is 0 Å². The summed E-state index contributed by atoms with van der Waals surface area (Å²) < 4.78 is 2.18. The monoisotopic (exact) mass is 256 g/mol. The van der Waals surface area contributed by atoms with Gasteiger partial charge >= 0.3 is 0 Å². The molecule has 0 radical (unpaired) electrons. The number of hydrogen-bond donors (Lipinski definition) is 1. The fourth-order valence-electron chi connectivity index (χ4n) is 2.80. The Morgan fingerprint density at radius 1 is 1.16 bits per heavy atom. The Hall–Kier alpha value is -1.68. The third-order valence-corrected chi connectivity index (χ3v) is 3.84. The molecule has 0 atom stereocenters. The maximum Gasteiger partial charge on any atom is 0.137 e. The lowest BCUT2D eigenvalue weighted by atomic mass is 9.94. The van der Waals surface area contributed by atoms with Crippen molar-refractivity contribution in [3.05, 3.63) is 42.0 Å². The summed E-state index contributed by atoms with van der Waals surface area (Å²) in [5.41, 5.74) is 1.16. The van der Waals surface area contributed by atoms with Gasteiger partial charge in [0.25, 0.3) is 0 Å². The molecule has 0 spiro atoms. The van der Waals surface area contributed by atoms with Gasteiger partial charge in [0, 0.05) is 12.1 Å². The van der Waals surface area contributed by atoms with Crippen molar-refractivity contribution >= 4 is 0 Å². The first-order valence-corrected chi connectivity index (χ1v) is 7.01. The van der Waals surface area contributed by atoms with Crippen molar-refractivity contribution in [3.8, 4) is 5.69 Å². The molecule has 0 amide bonds. The third kappa shape index (κ3) is 2.68. The molecule has 0 bridgehead atoms. The van der Waals surface area contributed by atoms with Gasteiger partial charge in [-0.2, -0.15) is 0 Å². The van der Waals surface area contributed by atoms with Crippen molar-refractivity contribution in [2.24, 2.45) is 5.92 Å². The Labute approximate surface area is 113 Å². The number of aryl methyl sites for hydroxylation is 1. The highest BCUT2D eigenvalue weighted by Gasteiger charge is 2.18. The van der Waals surface area contributed by atoms with Gasteiger partial charge in [-0.1, -0.05) is 18.2 Å². The summed E-state index contributed by atoms with van der Waals surface area (Å²) in [5.74, 6) is 2.79. The lowest BCUT2D eigenvalue weighted by Crippen LogP contribution is -2.29. The maximum atomic E-state index is 4.38. The number of rotatable bonds is 3. The van der Waals surface area contributed by atoms with Crippen molar-refractivity contribution in [1.29, 1.82) is 0 Å². The molecule has 1 fully saturated rings. The number of hydrogen-bond acceptors (Lipinski definition) is 3. The Kier molecular flexibility index (Phi) is 3.60. The van der Waals surface area contributed by atoms with Crippen LogP contribution in [0.2, 0.25) is 0 Å². The zero-order valence-corrected chi connectivity index (χ0v) is 11.3. The molecule has 0 unspecified atom stereocenters. The zero-order valence-electron chi connectivity index (χ0n) is 11.3. The van der Waals surface area contributed by atoms with Crippen LogP contribution in [0.3, 0.4) is 0 Å². The smallest absolute Gasteiger partial charge is 0.137 e. The van der Waals surface area contributed by atoms with Gasteiger partial charge in [0.2, 0.25) is 0 Å². The molecule has 1 aromatic carbocycles. The molecule has 1 aromatic heterocycles. The van der Waals surface area contributed by atoms with Crippen molar-refractivity contribution in [2.75, 3.05) is 13.1 Å². The summed E-state index contributed by atoms with van der Waals surface area (Å²) in [7, 11) is 0. The Morgan fingerprint density at radius 3 is 2.63 bits per heavy atom. The van der Waals surface area contributed by atoms with Crippen molar-refractivity contribution in [3.63, 3.8) is 0 Å². The lowest BCUT2D eigenvalue weighted by Gasteiger charge is -2.22. The summed E-state index contributed by atoms with van der Waals surface area (Å²) in [6.07, 6.45) is 3.50. The first-order chi connectivity index (χ1) is 9.34. The zero-order chi connectivity index (χ0) is 13.1. The minimum absolute atomic E-state index is 0.729. The summed E-state index contributed by atoms with van der Waals surface area (Å²) in [6.45, 7) is 4.28.